The van der Waals surface area contributed by atoms with Crippen LogP contribution in [0.25, 0.3) is 0 Å². The minimum Gasteiger partial charge on any atom is -0.367 e. The molecule has 5 nitrogen and oxygen atoms in total. The van der Waals surface area contributed by atoms with Gasteiger partial charge in [0.2, 0.25) is 0 Å². The first-order valence-electron chi connectivity index (χ1n) is 7.53. The third-order valence-electron chi connectivity index (χ3n) is 4.43. The number of morpholine rings is 1. The number of ketones is 1. The van der Waals surface area contributed by atoms with Gasteiger partial charge in [0, 0.05) is 18.2 Å². The third-order valence-corrected chi connectivity index (χ3v) is 4.43. The first kappa shape index (κ1) is 15.6. The van der Waals surface area contributed by atoms with E-state index in [1.54, 1.807) is 18.3 Å². The number of carbonyl (C=O) groups is 1. The summed E-state index contributed by atoms with van der Waals surface area (Å²) in [5.74, 6) is -0.554. The molecule has 0 aromatic carbocycles. The van der Waals surface area contributed by atoms with Crippen molar-refractivity contribution in [3.63, 3.8) is 0 Å². The number of rotatable bonds is 1. The summed E-state index contributed by atoms with van der Waals surface area (Å²) >= 11 is 0. The number of aromatic nitrogens is 1. The van der Waals surface area contributed by atoms with Gasteiger partial charge in [-0.3, -0.25) is 9.78 Å². The molecule has 0 bridgehead atoms. The molecule has 2 heterocycles. The summed E-state index contributed by atoms with van der Waals surface area (Å²) in [6.45, 7) is 4.98. The molecule has 1 spiro atoms. The number of ether oxygens (including phenoxy) is 1. The van der Waals surface area contributed by atoms with Crippen LogP contribution < -0.4 is 4.90 Å². The van der Waals surface area contributed by atoms with E-state index >= 15 is 0 Å². The predicted molar refractivity (Wildman–Crippen MR) is 82.2 cm³/mol. The SMILES string of the molecule is CC1(C)CC2(C=C(C#N)C1=O)CN(c1ccncc1F)CCO2. The molecule has 1 atom stereocenters. The van der Waals surface area contributed by atoms with Gasteiger partial charge in [-0.25, -0.2) is 4.39 Å². The lowest BCUT2D eigenvalue weighted by atomic mass is 9.69. The highest BCUT2D eigenvalue weighted by atomic mass is 19.1. The maximum Gasteiger partial charge on any atom is 0.178 e. The Labute approximate surface area is 134 Å². The van der Waals surface area contributed by atoms with Crippen LogP contribution in [0.5, 0.6) is 0 Å². The highest BCUT2D eigenvalue weighted by Crippen LogP contribution is 2.42. The average molecular weight is 315 g/mol. The van der Waals surface area contributed by atoms with Crippen molar-refractivity contribution in [1.82, 2.24) is 4.98 Å². The minimum absolute atomic E-state index is 0.123. The zero-order chi connectivity index (χ0) is 16.7. The fourth-order valence-corrected chi connectivity index (χ4v) is 3.49. The number of allylic oxidation sites excluding steroid dienone is 1. The lowest BCUT2D eigenvalue weighted by molar-refractivity contribution is -0.130. The van der Waals surface area contributed by atoms with E-state index < -0.39 is 11.0 Å². The van der Waals surface area contributed by atoms with Gasteiger partial charge in [-0.05, 0) is 18.6 Å². The van der Waals surface area contributed by atoms with Gasteiger partial charge >= 0.3 is 0 Å². The average Bonchev–Trinajstić information content (AvgIpc) is 2.51. The van der Waals surface area contributed by atoms with E-state index in [2.05, 4.69) is 4.98 Å². The normalized spacial score (nSPS) is 26.8. The molecule has 0 radical (unpaired) electrons. The Bertz CT molecular complexity index is 723. The van der Waals surface area contributed by atoms with Crippen molar-refractivity contribution in [3.8, 4) is 6.07 Å². The first-order chi connectivity index (χ1) is 10.9. The first-order valence-corrected chi connectivity index (χ1v) is 7.53. The van der Waals surface area contributed by atoms with Gasteiger partial charge in [0.15, 0.2) is 11.6 Å². The molecule has 1 unspecified atom stereocenters. The minimum atomic E-state index is -0.754. The van der Waals surface area contributed by atoms with Crippen molar-refractivity contribution in [3.05, 3.63) is 35.9 Å². The number of hydrogen-bond donors (Lipinski definition) is 0. The summed E-state index contributed by atoms with van der Waals surface area (Å²) in [6.07, 6.45) is 4.81. The number of nitriles is 1. The van der Waals surface area contributed by atoms with Gasteiger partial charge in [-0.1, -0.05) is 13.8 Å². The Hall–Kier alpha value is -2.26. The molecular formula is C17H18FN3O2. The molecule has 1 aromatic rings. The van der Waals surface area contributed by atoms with Crippen LogP contribution in [0.3, 0.4) is 0 Å². The predicted octanol–water partition coefficient (Wildman–Crippen LogP) is 2.25. The van der Waals surface area contributed by atoms with Crippen LogP contribution in [0, 0.1) is 22.6 Å². The Morgan fingerprint density at radius 3 is 2.96 bits per heavy atom. The molecule has 0 amide bonds. The Kier molecular flexibility index (Phi) is 3.69. The summed E-state index contributed by atoms with van der Waals surface area (Å²) in [6, 6.07) is 3.60. The van der Waals surface area contributed by atoms with Crippen molar-refractivity contribution in [1.29, 1.82) is 5.26 Å². The number of Topliss-reactive ketones (excluding diaryl/α,β-unsaturated/α-hetero) is 1. The van der Waals surface area contributed by atoms with Crippen LogP contribution in [0.15, 0.2) is 30.1 Å². The number of pyridine rings is 1. The second kappa shape index (κ2) is 5.43. The lowest BCUT2D eigenvalue weighted by Gasteiger charge is -2.47. The van der Waals surface area contributed by atoms with Gasteiger partial charge in [0.25, 0.3) is 0 Å². The van der Waals surface area contributed by atoms with Crippen molar-refractivity contribution in [2.75, 3.05) is 24.6 Å². The van der Waals surface area contributed by atoms with E-state index in [-0.39, 0.29) is 17.2 Å². The molecule has 120 valence electrons. The Balaban J connectivity index is 1.97. The number of halogens is 1. The Morgan fingerprint density at radius 1 is 1.48 bits per heavy atom. The molecule has 1 fully saturated rings. The molecule has 6 heteroatoms. The van der Waals surface area contributed by atoms with Crippen LogP contribution in [0.1, 0.15) is 20.3 Å². The van der Waals surface area contributed by atoms with Crippen molar-refractivity contribution >= 4 is 11.5 Å². The maximum atomic E-state index is 14.0. The molecular weight excluding hydrogens is 297 g/mol. The standard InChI is InChI=1S/C17H18FN3O2/c1-16(2)10-17(7-12(8-19)15(16)22)11-21(5-6-23-17)14-3-4-20-9-13(14)18/h3-4,7,9H,5-6,10-11H2,1-2H3. The number of hydrogen-bond acceptors (Lipinski definition) is 5. The molecule has 1 aromatic heterocycles. The quantitative estimate of drug-likeness (QED) is 0.795. The van der Waals surface area contributed by atoms with Crippen LogP contribution >= 0.6 is 0 Å². The second-order valence-electron chi connectivity index (χ2n) is 6.72. The number of carbonyl (C=O) groups excluding carboxylic acids is 1. The number of nitrogens with zero attached hydrogens (tertiary/aromatic N) is 3. The van der Waals surface area contributed by atoms with Crippen molar-refractivity contribution < 1.29 is 13.9 Å². The van der Waals surface area contributed by atoms with E-state index in [4.69, 9.17) is 4.74 Å². The molecule has 1 aliphatic heterocycles. The van der Waals surface area contributed by atoms with E-state index in [1.165, 1.54) is 6.20 Å². The zero-order valence-electron chi connectivity index (χ0n) is 13.2. The number of anilines is 1. The maximum absolute atomic E-state index is 14.0. The summed E-state index contributed by atoms with van der Waals surface area (Å²) in [7, 11) is 0. The molecule has 1 saturated heterocycles. The second-order valence-corrected chi connectivity index (χ2v) is 6.72. The fraction of sp³-hybridized carbons (Fsp3) is 0.471. The van der Waals surface area contributed by atoms with Crippen LogP contribution in [-0.4, -0.2) is 36.1 Å². The van der Waals surface area contributed by atoms with Crippen LogP contribution in [-0.2, 0) is 9.53 Å². The van der Waals surface area contributed by atoms with E-state index in [1.807, 2.05) is 24.8 Å². The van der Waals surface area contributed by atoms with E-state index in [0.29, 0.717) is 31.8 Å². The van der Waals surface area contributed by atoms with E-state index in [9.17, 15) is 14.4 Å². The van der Waals surface area contributed by atoms with Gasteiger partial charge in [0.1, 0.15) is 11.7 Å². The molecule has 23 heavy (non-hydrogen) atoms. The molecule has 2 aliphatic rings. The zero-order valence-corrected chi connectivity index (χ0v) is 13.2. The van der Waals surface area contributed by atoms with Gasteiger partial charge in [0.05, 0.1) is 30.6 Å². The smallest absolute Gasteiger partial charge is 0.178 e. The van der Waals surface area contributed by atoms with Crippen LogP contribution in [0.2, 0.25) is 0 Å². The molecule has 0 N–H and O–H groups in total. The van der Waals surface area contributed by atoms with E-state index in [0.717, 1.165) is 0 Å². The monoisotopic (exact) mass is 315 g/mol. The third kappa shape index (κ3) is 2.73. The highest BCUT2D eigenvalue weighted by Gasteiger charge is 2.48. The summed E-state index contributed by atoms with van der Waals surface area (Å²) in [5.41, 5.74) is -0.849. The van der Waals surface area contributed by atoms with Gasteiger partial charge in [-0.2, -0.15) is 5.26 Å². The lowest BCUT2D eigenvalue weighted by Crippen LogP contribution is -2.56. The van der Waals surface area contributed by atoms with Crippen LogP contribution in [0.4, 0.5) is 10.1 Å². The van der Waals surface area contributed by atoms with Gasteiger partial charge in [-0.15, -0.1) is 0 Å². The molecule has 1 aliphatic carbocycles. The molecule has 3 rings (SSSR count). The van der Waals surface area contributed by atoms with Gasteiger partial charge < -0.3 is 9.64 Å². The summed E-state index contributed by atoms with van der Waals surface area (Å²) in [5, 5.41) is 9.26. The van der Waals surface area contributed by atoms with Crippen molar-refractivity contribution in [2.45, 2.75) is 25.9 Å². The molecule has 0 saturated carbocycles. The highest BCUT2D eigenvalue weighted by molar-refractivity contribution is 6.04. The topological polar surface area (TPSA) is 66.2 Å². The largest absolute Gasteiger partial charge is 0.367 e. The summed E-state index contributed by atoms with van der Waals surface area (Å²) < 4.78 is 20.0. The summed E-state index contributed by atoms with van der Waals surface area (Å²) in [4.78, 5) is 17.9. The Morgan fingerprint density at radius 2 is 2.26 bits per heavy atom. The fourth-order valence-electron chi connectivity index (χ4n) is 3.49. The van der Waals surface area contributed by atoms with Crippen molar-refractivity contribution in [2.24, 2.45) is 5.41 Å².